The largest absolute Gasteiger partial charge is 0.489 e. The zero-order chi connectivity index (χ0) is 101. The average molecular weight is 2100 g/mol. The number of rotatable bonds is 23. The van der Waals surface area contributed by atoms with Gasteiger partial charge in [0.2, 0.25) is 21.3 Å². The van der Waals surface area contributed by atoms with Crippen molar-refractivity contribution >= 4 is 123 Å². The Labute approximate surface area is 834 Å². The third-order valence-electron chi connectivity index (χ3n) is 19.5. The minimum atomic E-state index is -4.99. The standard InChI is InChI=1S/C32H23N9O2S.C26H17F6N7S3.C16H12ClF3N6S2.C16H11F3N6OS2/c33-18-29-30(25-10-16-28(17-11-25)42-19-22-4-2-1-3-5-22)36-32(44-21-24-8-14-27(15-9-24)39-41-35)37-31(29)43-20-23-6-12-26(13-7-23)38-40-34;1-13-3-5-18(33-11-13)40-20-10-21(36-23(35-20)41-19-6-4-14(2)12-34-19)42-24-37-22(38-39-24)15-7-16(25(27,28)29)9-17(8-15)26(30,31)32;1-7-3-8(5-9(4-7)16(18,19)20)12-24-25-15-26(12)21-6-10-11(17)22-14(27-2)23-13(10)28-15;1-7-3-8(5-9(4-7)16(17,18)19)11-23-24-15-25(11)20-6-10-12(26)21-14(27-2)22-13(10)28-15/h1-17H,19-21H2;3-12H,1-2H3,(H,37,38,39);3-5,21H,6H2,1-2H3;3-6H,1-2H3,(H,21,22,26). The molecule has 52 heteroatoms. The van der Waals surface area contributed by atoms with E-state index in [1.54, 1.807) is 91.8 Å². The summed E-state index contributed by atoms with van der Waals surface area (Å²) in [4.78, 5) is 64.8. The fourth-order valence-electron chi connectivity index (χ4n) is 12.8. The molecular formula is C90H63ClF12N28O3S8. The Bertz CT molecular complexity index is 7470. The molecule has 11 heterocycles. The van der Waals surface area contributed by atoms with Crippen LogP contribution in [-0.4, -0.2) is 113 Å². The summed E-state index contributed by atoms with van der Waals surface area (Å²) < 4.78 is 174. The number of aryl methyl sites for hydroxylation is 4. The molecule has 0 saturated heterocycles. The van der Waals surface area contributed by atoms with E-state index in [4.69, 9.17) is 37.1 Å². The van der Waals surface area contributed by atoms with Crippen molar-refractivity contribution in [1.82, 2.24) is 94.8 Å². The summed E-state index contributed by atoms with van der Waals surface area (Å²) in [6.07, 6.45) is -10.6. The predicted octanol–water partition coefficient (Wildman–Crippen LogP) is 25.6. The Morgan fingerprint density at radius 2 is 1.08 bits per heavy atom. The van der Waals surface area contributed by atoms with Crippen LogP contribution in [0.5, 0.6) is 11.6 Å². The number of H-pyrrole nitrogens is 2. The predicted molar refractivity (Wildman–Crippen MR) is 512 cm³/mol. The molecule has 31 nitrogen and oxygen atoms in total. The van der Waals surface area contributed by atoms with Crippen LogP contribution >= 0.6 is 106 Å². The lowest BCUT2D eigenvalue weighted by Crippen LogP contribution is -2.16. The average Bonchev–Trinajstić information content (AvgIpc) is 1.64. The summed E-state index contributed by atoms with van der Waals surface area (Å²) in [7, 11) is 0. The third-order valence-corrected chi connectivity index (χ3v) is 26.2. The number of fused-ring (bicyclic) bond motifs is 4. The van der Waals surface area contributed by atoms with Crippen LogP contribution < -0.4 is 20.5 Å². The number of ether oxygens (including phenoxy) is 2. The zero-order valence-electron chi connectivity index (χ0n) is 73.5. The van der Waals surface area contributed by atoms with Gasteiger partial charge in [0.05, 0.1) is 46.3 Å². The summed E-state index contributed by atoms with van der Waals surface area (Å²) in [5.41, 5.74) is 24.8. The molecule has 0 unspecified atom stereocenters. The van der Waals surface area contributed by atoms with Crippen molar-refractivity contribution in [2.45, 2.75) is 144 Å². The number of benzene rings is 7. The van der Waals surface area contributed by atoms with Crippen LogP contribution in [0.2, 0.25) is 5.15 Å². The molecule has 0 saturated carbocycles. The molecule has 3 N–H and O–H groups in total. The number of nitrogens with zero attached hydrogens (tertiary/aromatic N) is 25. The maximum Gasteiger partial charge on any atom is 0.416 e. The SMILES string of the molecule is CSc1nc(Cl)c2c(n1)Sc1nnc(-c3cc(C)cc(C(F)(F)F)c3)n1NC2.CSc1nc2c(c(=O)[nH]1)C=Nn1c(nnc1-c1cc(C)cc(C(F)(F)F)c1)S2.Cc1ccc(Sc2cc(Sc3n[nH]c(-c4cc(C(F)(F)F)cc(C(F)(F)F)c4)n3)nc(Sc3ccc(C)cn3)n2)nc1.N#Cc1c(OCc2ccc(N=[N+]=[N-])cc2)nc(SCc2ccc(N=[N+]=[N-])cc2)nc1-c1ccc(OCc2ccccc2)cc1. The number of halogens is 13. The van der Waals surface area contributed by atoms with E-state index in [1.165, 1.54) is 81.5 Å². The zero-order valence-corrected chi connectivity index (χ0v) is 80.8. The molecule has 0 atom stereocenters. The minimum Gasteiger partial charge on any atom is -0.489 e. The fourth-order valence-corrected chi connectivity index (χ4v) is 19.0. The molecule has 16 aromatic rings. The van der Waals surface area contributed by atoms with Gasteiger partial charge in [-0.2, -0.15) is 72.7 Å². The molecular weight excluding hydrogens is 2040 g/mol. The van der Waals surface area contributed by atoms with E-state index in [-0.39, 0.29) is 70.0 Å². The summed E-state index contributed by atoms with van der Waals surface area (Å²) >= 11 is 16.1. The van der Waals surface area contributed by atoms with E-state index in [0.717, 1.165) is 75.6 Å². The van der Waals surface area contributed by atoms with Gasteiger partial charge in [0, 0.05) is 73.2 Å². The van der Waals surface area contributed by atoms with E-state index in [1.807, 2.05) is 111 Å². The van der Waals surface area contributed by atoms with E-state index < -0.39 is 52.5 Å². The molecule has 0 aliphatic carbocycles. The maximum atomic E-state index is 13.3. The molecule has 18 rings (SSSR count). The number of nitriles is 1. The second kappa shape index (κ2) is 45.2. The Balaban J connectivity index is 0.000000146. The summed E-state index contributed by atoms with van der Waals surface area (Å²) in [6, 6.07) is 51.4. The Kier molecular flexibility index (Phi) is 32.5. The van der Waals surface area contributed by atoms with Gasteiger partial charge in [-0.05, 0) is 240 Å². The summed E-state index contributed by atoms with van der Waals surface area (Å²) in [5, 5.41) is 50.4. The second-order valence-electron chi connectivity index (χ2n) is 29.8. The van der Waals surface area contributed by atoms with Crippen LogP contribution in [0, 0.1) is 39.0 Å². The van der Waals surface area contributed by atoms with E-state index in [9.17, 15) is 62.7 Å². The smallest absolute Gasteiger partial charge is 0.416 e. The number of aromatic amines is 2. The summed E-state index contributed by atoms with van der Waals surface area (Å²) in [5.74, 6) is 1.53. The number of hydrogen-bond donors (Lipinski definition) is 3. The third kappa shape index (κ3) is 26.5. The van der Waals surface area contributed by atoms with Crippen molar-refractivity contribution in [2.75, 3.05) is 17.9 Å². The number of azide groups is 2. The van der Waals surface area contributed by atoms with Crippen molar-refractivity contribution < 1.29 is 62.2 Å². The lowest BCUT2D eigenvalue weighted by molar-refractivity contribution is -0.143. The summed E-state index contributed by atoms with van der Waals surface area (Å²) in [6.45, 7) is 7.86. The Morgan fingerprint density at radius 1 is 0.521 bits per heavy atom. The van der Waals surface area contributed by atoms with Crippen molar-refractivity contribution in [2.24, 2.45) is 15.3 Å². The Morgan fingerprint density at radius 3 is 1.67 bits per heavy atom. The van der Waals surface area contributed by atoms with Crippen molar-refractivity contribution in [3.8, 4) is 63.1 Å². The van der Waals surface area contributed by atoms with Crippen LogP contribution in [0.1, 0.15) is 77.9 Å². The van der Waals surface area contributed by atoms with Crippen molar-refractivity contribution in [3.05, 3.63) is 315 Å². The lowest BCUT2D eigenvalue weighted by atomic mass is 10.0. The van der Waals surface area contributed by atoms with Crippen LogP contribution in [0.4, 0.5) is 64.1 Å². The molecule has 0 amide bonds. The van der Waals surface area contributed by atoms with Gasteiger partial charge in [0.15, 0.2) is 38.1 Å². The maximum absolute atomic E-state index is 13.3. The highest BCUT2D eigenvalue weighted by molar-refractivity contribution is 8.01. The van der Waals surface area contributed by atoms with Gasteiger partial charge in [-0.15, -0.1) is 25.5 Å². The van der Waals surface area contributed by atoms with Gasteiger partial charge in [-0.3, -0.25) is 9.89 Å². The molecule has 0 spiro atoms. The van der Waals surface area contributed by atoms with Crippen LogP contribution in [0.15, 0.2) is 287 Å². The second-order valence-corrected chi connectivity index (χ2v) is 37.6. The fraction of sp³-hybridized carbons (Fsp3) is 0.156. The first kappa shape index (κ1) is 102. The normalized spacial score (nSPS) is 12.0. The van der Waals surface area contributed by atoms with E-state index in [2.05, 4.69) is 117 Å². The molecule has 9 aromatic heterocycles. The first-order chi connectivity index (χ1) is 68.0. The number of hydrogen-bond acceptors (Lipinski definition) is 31. The van der Waals surface area contributed by atoms with Gasteiger partial charge in [-0.1, -0.05) is 148 Å². The van der Waals surface area contributed by atoms with Crippen molar-refractivity contribution in [3.63, 3.8) is 0 Å². The number of thioether (sulfide) groups is 3. The molecule has 7 aromatic carbocycles. The molecule has 142 heavy (non-hydrogen) atoms. The van der Waals surface area contributed by atoms with Crippen LogP contribution in [-0.2, 0) is 50.2 Å². The van der Waals surface area contributed by atoms with E-state index >= 15 is 0 Å². The number of alkyl halides is 12. The quantitative estimate of drug-likeness (QED) is 0.0102. The van der Waals surface area contributed by atoms with Crippen molar-refractivity contribution in [1.29, 1.82) is 5.26 Å². The van der Waals surface area contributed by atoms with Gasteiger partial charge in [-0.25, -0.2) is 49.5 Å². The highest BCUT2D eigenvalue weighted by Gasteiger charge is 2.39. The molecule has 720 valence electrons. The molecule has 2 aliphatic heterocycles. The molecule has 0 bridgehead atoms. The highest BCUT2D eigenvalue weighted by atomic mass is 35.5. The van der Waals surface area contributed by atoms with Gasteiger partial charge < -0.3 is 19.9 Å². The van der Waals surface area contributed by atoms with Gasteiger partial charge in [0.25, 0.3) is 5.56 Å². The topological polar surface area (TPSA) is 416 Å². The van der Waals surface area contributed by atoms with Crippen LogP contribution in [0.3, 0.4) is 0 Å². The molecule has 0 fully saturated rings. The van der Waals surface area contributed by atoms with E-state index in [0.29, 0.717) is 141 Å². The number of pyridine rings is 2. The van der Waals surface area contributed by atoms with Gasteiger partial charge in [0.1, 0.15) is 65.9 Å². The first-order valence-corrected chi connectivity index (χ1v) is 48.7. The minimum absolute atomic E-state index is 0.0310. The Hall–Kier alpha value is -14.2. The van der Waals surface area contributed by atoms with Crippen LogP contribution in [0.25, 0.3) is 66.3 Å². The monoisotopic (exact) mass is 2100 g/mol. The molecule has 0 radical (unpaired) electrons. The number of aromatic nitrogens is 19. The number of nitrogens with one attached hydrogen (secondary N) is 3. The lowest BCUT2D eigenvalue weighted by Gasteiger charge is -2.13. The highest BCUT2D eigenvalue weighted by Crippen LogP contribution is 2.44. The molecule has 2 aliphatic rings. The van der Waals surface area contributed by atoms with Gasteiger partial charge >= 0.3 is 24.7 Å². The first-order valence-electron chi connectivity index (χ1n) is 40.8.